The molecule has 0 bridgehead atoms. The summed E-state index contributed by atoms with van der Waals surface area (Å²) in [6.45, 7) is 1.72. The summed E-state index contributed by atoms with van der Waals surface area (Å²) >= 11 is 0. The van der Waals surface area contributed by atoms with E-state index in [2.05, 4.69) is 16.6 Å². The summed E-state index contributed by atoms with van der Waals surface area (Å²) in [6, 6.07) is 0. The van der Waals surface area contributed by atoms with Crippen LogP contribution >= 0.6 is 0 Å². The molecule has 246 valence electrons. The molecule has 17 nitrogen and oxygen atoms in total. The van der Waals surface area contributed by atoms with Gasteiger partial charge in [-0.05, 0) is 19.2 Å². The van der Waals surface area contributed by atoms with Gasteiger partial charge < -0.3 is 69.4 Å². The van der Waals surface area contributed by atoms with Gasteiger partial charge in [-0.15, -0.1) is 6.58 Å². The van der Waals surface area contributed by atoms with E-state index in [0.29, 0.717) is 10.5 Å². The summed E-state index contributed by atoms with van der Waals surface area (Å²) in [6.07, 6.45) is -1.45. The Kier molecular flexibility index (Phi) is 12.3. The van der Waals surface area contributed by atoms with Crippen LogP contribution in [0, 0.1) is 5.92 Å². The molecule has 0 aliphatic carbocycles. The summed E-state index contributed by atoms with van der Waals surface area (Å²) in [5.41, 5.74) is -2.53. The van der Waals surface area contributed by atoms with Crippen LogP contribution in [0.1, 0.15) is 0 Å². The molecule has 0 aromatic carbocycles. The standard InChI is InChI=1S/C27H38N2O15/c1-3-17-24(44-25-21(41-13-28-2)27(38,39)20(33)19(11-31)43-25)40-12-18(23(36)42-14-32)26(17,37)5-4-15-8-16(22(34)35)10-29(9-15)6-7-30/h3-5,8,10,12,17,19-21,24-25,28,30-33,37-39H,1,6-7,9,11,13-14H2,2H3,(H,34,35)/p+1. The van der Waals surface area contributed by atoms with Gasteiger partial charge in [0.05, 0.1) is 25.9 Å². The first-order valence-electron chi connectivity index (χ1n) is 13.5. The highest BCUT2D eigenvalue weighted by Crippen LogP contribution is 2.40. The average molecular weight is 632 g/mol. The van der Waals surface area contributed by atoms with Gasteiger partial charge in [-0.2, -0.15) is 0 Å². The fraction of sp³-hybridized carbons (Fsp3) is 0.556. The first kappa shape index (κ1) is 35.4. The number of aliphatic hydroxyl groups excluding tert-OH is 4. The van der Waals surface area contributed by atoms with Gasteiger partial charge in [0.15, 0.2) is 19.2 Å². The van der Waals surface area contributed by atoms with Crippen LogP contribution in [-0.2, 0) is 33.3 Å². The molecule has 3 rings (SSSR count). The SMILES string of the molecule is C=CC1C(OC2OC(CO)C(O)C(O)(O)C2OCNC)OC=C(C(=O)OCO)C1(O)C=CC1=CC(C(=O)O)=C[NH+](CCO)C1. The highest BCUT2D eigenvalue weighted by atomic mass is 16.8. The Morgan fingerprint density at radius 3 is 2.55 bits per heavy atom. The predicted octanol–water partition coefficient (Wildman–Crippen LogP) is -5.07. The molecule has 0 spiro atoms. The topological polar surface area (TPSA) is 259 Å². The van der Waals surface area contributed by atoms with E-state index in [-0.39, 0.29) is 32.0 Å². The van der Waals surface area contributed by atoms with Crippen LogP contribution in [0.2, 0.25) is 0 Å². The number of hydrogen-bond donors (Lipinski definition) is 10. The number of rotatable bonds is 14. The van der Waals surface area contributed by atoms with E-state index in [0.717, 1.165) is 18.4 Å². The highest BCUT2D eigenvalue weighted by molar-refractivity contribution is 5.91. The smallest absolute Gasteiger partial charge is 0.342 e. The Morgan fingerprint density at radius 1 is 1.23 bits per heavy atom. The molecule has 1 fully saturated rings. The number of carbonyl (C=O) groups excluding carboxylic acids is 1. The van der Waals surface area contributed by atoms with Crippen LogP contribution in [-0.4, -0.2) is 142 Å². The first-order valence-corrected chi connectivity index (χ1v) is 13.5. The lowest BCUT2D eigenvalue weighted by Gasteiger charge is -2.48. The monoisotopic (exact) mass is 631 g/mol. The van der Waals surface area contributed by atoms with Gasteiger partial charge >= 0.3 is 11.9 Å². The number of aliphatic hydroxyl groups is 7. The third-order valence-corrected chi connectivity index (χ3v) is 7.20. The maximum Gasteiger partial charge on any atom is 0.342 e. The van der Waals surface area contributed by atoms with Crippen molar-refractivity contribution in [2.45, 2.75) is 42.3 Å². The molecule has 3 heterocycles. The molecule has 44 heavy (non-hydrogen) atoms. The van der Waals surface area contributed by atoms with Crippen molar-refractivity contribution in [1.29, 1.82) is 0 Å². The van der Waals surface area contributed by atoms with Crippen LogP contribution in [0.5, 0.6) is 0 Å². The first-order chi connectivity index (χ1) is 20.9. The molecule has 17 heteroatoms. The lowest BCUT2D eigenvalue weighted by molar-refractivity contribution is -0.842. The number of hydrogen-bond acceptors (Lipinski definition) is 15. The Morgan fingerprint density at radius 2 is 1.95 bits per heavy atom. The largest absolute Gasteiger partial charge is 0.477 e. The van der Waals surface area contributed by atoms with Crippen molar-refractivity contribution in [2.24, 2.45) is 5.92 Å². The van der Waals surface area contributed by atoms with Crippen LogP contribution in [0.25, 0.3) is 0 Å². The van der Waals surface area contributed by atoms with Gasteiger partial charge in [-0.25, -0.2) is 9.59 Å². The third-order valence-electron chi connectivity index (χ3n) is 7.20. The molecule has 3 aliphatic heterocycles. The molecule has 1 saturated heterocycles. The Labute approximate surface area is 251 Å². The lowest BCUT2D eigenvalue weighted by Crippen LogP contribution is -3.08. The normalized spacial score (nSPS) is 33.5. The maximum atomic E-state index is 12.8. The molecule has 0 aromatic rings. The number of aliphatic carboxylic acids is 1. The number of carbonyl (C=O) groups is 2. The second-order valence-electron chi connectivity index (χ2n) is 10.1. The van der Waals surface area contributed by atoms with Crippen molar-refractivity contribution < 1.29 is 79.0 Å². The van der Waals surface area contributed by atoms with Crippen molar-refractivity contribution >= 4 is 11.9 Å². The molecule has 0 aromatic heterocycles. The zero-order valence-corrected chi connectivity index (χ0v) is 23.8. The van der Waals surface area contributed by atoms with E-state index in [4.69, 9.17) is 24.1 Å². The van der Waals surface area contributed by atoms with Crippen molar-refractivity contribution in [1.82, 2.24) is 5.32 Å². The van der Waals surface area contributed by atoms with E-state index in [9.17, 15) is 45.3 Å². The minimum atomic E-state index is -2.99. The second-order valence-corrected chi connectivity index (χ2v) is 10.1. The molecular formula is C27H39N2O15+. The van der Waals surface area contributed by atoms with Gasteiger partial charge in [0, 0.05) is 5.57 Å². The zero-order valence-electron chi connectivity index (χ0n) is 23.8. The van der Waals surface area contributed by atoms with Gasteiger partial charge in [0.25, 0.3) is 0 Å². The Bertz CT molecular complexity index is 1170. The molecule has 3 aliphatic rings. The van der Waals surface area contributed by atoms with Crippen molar-refractivity contribution in [2.75, 3.05) is 46.9 Å². The van der Waals surface area contributed by atoms with Crippen LogP contribution in [0.4, 0.5) is 0 Å². The van der Waals surface area contributed by atoms with E-state index in [1.54, 1.807) is 0 Å². The van der Waals surface area contributed by atoms with Crippen molar-refractivity contribution in [3.8, 4) is 0 Å². The number of carboxylic acid groups (broad SMARTS) is 1. The summed E-state index contributed by atoms with van der Waals surface area (Å²) in [5.74, 6) is -6.78. The molecule has 0 radical (unpaired) electrons. The number of carboxylic acids is 1. The summed E-state index contributed by atoms with van der Waals surface area (Å²) in [4.78, 5) is 25.0. The number of nitrogens with one attached hydrogen (secondary N) is 2. The predicted molar refractivity (Wildman–Crippen MR) is 144 cm³/mol. The minimum absolute atomic E-state index is 0.0746. The molecule has 8 atom stereocenters. The van der Waals surface area contributed by atoms with Crippen LogP contribution in [0.15, 0.2) is 60.1 Å². The summed E-state index contributed by atoms with van der Waals surface area (Å²) in [5, 5.41) is 84.0. The van der Waals surface area contributed by atoms with Crippen molar-refractivity contribution in [3.63, 3.8) is 0 Å². The van der Waals surface area contributed by atoms with Gasteiger partial charge in [-0.1, -0.05) is 12.2 Å². The maximum absolute atomic E-state index is 12.8. The minimum Gasteiger partial charge on any atom is -0.477 e. The third kappa shape index (κ3) is 7.60. The quantitative estimate of drug-likeness (QED) is 0.0489. The van der Waals surface area contributed by atoms with Crippen LogP contribution < -0.4 is 10.2 Å². The average Bonchev–Trinajstić information content (AvgIpc) is 2.98. The van der Waals surface area contributed by atoms with Crippen molar-refractivity contribution in [3.05, 3.63) is 60.1 Å². The van der Waals surface area contributed by atoms with E-state index in [1.165, 1.54) is 25.4 Å². The molecule has 0 amide bonds. The molecule has 0 saturated carbocycles. The van der Waals surface area contributed by atoms with Gasteiger partial charge in [-0.3, -0.25) is 5.32 Å². The van der Waals surface area contributed by atoms with Gasteiger partial charge in [0.2, 0.25) is 12.1 Å². The molecule has 10 N–H and O–H groups in total. The fourth-order valence-electron chi connectivity index (χ4n) is 4.96. The van der Waals surface area contributed by atoms with Gasteiger partial charge in [0.1, 0.15) is 54.5 Å². The number of esters is 1. The fourth-order valence-corrected chi connectivity index (χ4v) is 4.96. The number of quaternary nitrogens is 1. The Hall–Kier alpha value is -3.04. The molecular weight excluding hydrogens is 592 g/mol. The number of ether oxygens (including phenoxy) is 5. The Balaban J connectivity index is 2.02. The molecule has 8 unspecified atom stereocenters. The van der Waals surface area contributed by atoms with E-state index >= 15 is 0 Å². The van der Waals surface area contributed by atoms with E-state index in [1.807, 2.05) is 0 Å². The zero-order chi connectivity index (χ0) is 32.7. The summed E-state index contributed by atoms with van der Waals surface area (Å²) in [7, 11) is 1.49. The van der Waals surface area contributed by atoms with Crippen LogP contribution in [0.3, 0.4) is 0 Å². The summed E-state index contributed by atoms with van der Waals surface area (Å²) < 4.78 is 27.0. The van der Waals surface area contributed by atoms with E-state index < -0.39 is 79.1 Å². The second kappa shape index (κ2) is 15.3. The highest BCUT2D eigenvalue weighted by Gasteiger charge is 2.58. The lowest BCUT2D eigenvalue weighted by atomic mass is 9.78.